The zero-order valence-corrected chi connectivity index (χ0v) is 13.6. The Morgan fingerprint density at radius 3 is 2.38 bits per heavy atom. The van der Waals surface area contributed by atoms with Crippen LogP contribution in [0.15, 0.2) is 60.2 Å². The zero-order chi connectivity index (χ0) is 15.1. The van der Waals surface area contributed by atoms with Gasteiger partial charge in [-0.05, 0) is 18.2 Å². The van der Waals surface area contributed by atoms with Gasteiger partial charge >= 0.3 is 0 Å². The van der Waals surface area contributed by atoms with Crippen molar-refractivity contribution in [1.29, 1.82) is 0 Å². The maximum absolute atomic E-state index is 5.62. The van der Waals surface area contributed by atoms with E-state index in [0.717, 1.165) is 4.47 Å². The van der Waals surface area contributed by atoms with Crippen LogP contribution in [-0.2, 0) is 9.47 Å². The van der Waals surface area contributed by atoms with E-state index in [4.69, 9.17) is 9.47 Å². The fourth-order valence-electron chi connectivity index (χ4n) is 2.25. The summed E-state index contributed by atoms with van der Waals surface area (Å²) in [6, 6.07) is 8.41. The minimum absolute atomic E-state index is 0.122. The Bertz CT molecular complexity index is 592. The summed E-state index contributed by atoms with van der Waals surface area (Å²) in [4.78, 5) is 0. The molecule has 0 saturated carbocycles. The molecule has 21 heavy (non-hydrogen) atoms. The average molecular weight is 350 g/mol. The summed E-state index contributed by atoms with van der Waals surface area (Å²) in [6.45, 7) is 9.60. The zero-order valence-electron chi connectivity index (χ0n) is 12.0. The molecule has 0 spiro atoms. The summed E-state index contributed by atoms with van der Waals surface area (Å²) in [5, 5.41) is 1.19. The molecule has 3 nitrogen and oxygen atoms in total. The molecule has 1 aromatic carbocycles. The van der Waals surface area contributed by atoms with Crippen molar-refractivity contribution >= 4 is 26.8 Å². The second-order valence-corrected chi connectivity index (χ2v) is 5.56. The number of aromatic nitrogens is 1. The van der Waals surface area contributed by atoms with Crippen molar-refractivity contribution in [2.75, 3.05) is 26.4 Å². The standard InChI is InChI=1S/C17H20BrNO2/c1-3-10-20-12-14(13-21-11-4-2)19-9-8-15-16(18)6-5-7-17(15)19/h3-9,14H,1-2,10-13H2. The Morgan fingerprint density at radius 2 is 1.76 bits per heavy atom. The topological polar surface area (TPSA) is 23.4 Å². The van der Waals surface area contributed by atoms with E-state index in [2.05, 4.69) is 52.0 Å². The Labute approximate surface area is 134 Å². The monoisotopic (exact) mass is 349 g/mol. The summed E-state index contributed by atoms with van der Waals surface area (Å²) in [5.74, 6) is 0. The fourth-order valence-corrected chi connectivity index (χ4v) is 2.74. The molecular formula is C17H20BrNO2. The number of nitrogens with zero attached hydrogens (tertiary/aromatic N) is 1. The molecule has 1 heterocycles. The van der Waals surface area contributed by atoms with Gasteiger partial charge in [0, 0.05) is 21.6 Å². The molecule has 0 N–H and O–H groups in total. The molecule has 0 amide bonds. The van der Waals surface area contributed by atoms with E-state index in [1.165, 1.54) is 10.9 Å². The maximum atomic E-state index is 5.62. The van der Waals surface area contributed by atoms with Crippen molar-refractivity contribution in [1.82, 2.24) is 4.57 Å². The minimum Gasteiger partial charge on any atom is -0.375 e. The lowest BCUT2D eigenvalue weighted by Crippen LogP contribution is -2.20. The predicted molar refractivity (Wildman–Crippen MR) is 90.7 cm³/mol. The first kappa shape index (κ1) is 16.0. The molecule has 0 bridgehead atoms. The largest absolute Gasteiger partial charge is 0.375 e. The lowest BCUT2D eigenvalue weighted by atomic mass is 10.2. The van der Waals surface area contributed by atoms with Crippen LogP contribution in [-0.4, -0.2) is 31.0 Å². The Kier molecular flexibility index (Phi) is 6.23. The van der Waals surface area contributed by atoms with Gasteiger partial charge < -0.3 is 14.0 Å². The van der Waals surface area contributed by atoms with Gasteiger partial charge in [0.2, 0.25) is 0 Å². The molecule has 0 radical (unpaired) electrons. The molecule has 2 aromatic rings. The Morgan fingerprint density at radius 1 is 1.10 bits per heavy atom. The van der Waals surface area contributed by atoms with E-state index in [1.54, 1.807) is 12.2 Å². The van der Waals surface area contributed by atoms with E-state index >= 15 is 0 Å². The molecular weight excluding hydrogens is 330 g/mol. The van der Waals surface area contributed by atoms with Crippen LogP contribution >= 0.6 is 15.9 Å². The van der Waals surface area contributed by atoms with Gasteiger partial charge in [0.05, 0.1) is 32.5 Å². The molecule has 0 fully saturated rings. The third kappa shape index (κ3) is 4.06. The Balaban J connectivity index is 2.21. The summed E-state index contributed by atoms with van der Waals surface area (Å²) in [7, 11) is 0. The SMILES string of the molecule is C=CCOCC(COCC=C)n1ccc2c(Br)cccc21. The number of fused-ring (bicyclic) bond motifs is 1. The molecule has 112 valence electrons. The summed E-state index contributed by atoms with van der Waals surface area (Å²) < 4.78 is 14.5. The van der Waals surface area contributed by atoms with Gasteiger partial charge in [-0.3, -0.25) is 0 Å². The van der Waals surface area contributed by atoms with E-state index in [0.29, 0.717) is 26.4 Å². The van der Waals surface area contributed by atoms with E-state index < -0.39 is 0 Å². The van der Waals surface area contributed by atoms with E-state index in [-0.39, 0.29) is 6.04 Å². The van der Waals surface area contributed by atoms with Gasteiger partial charge in [0.15, 0.2) is 0 Å². The minimum atomic E-state index is 0.122. The maximum Gasteiger partial charge on any atom is 0.0804 e. The second-order valence-electron chi connectivity index (χ2n) is 4.70. The van der Waals surface area contributed by atoms with E-state index in [1.807, 2.05) is 12.1 Å². The summed E-state index contributed by atoms with van der Waals surface area (Å²) >= 11 is 3.58. The molecule has 0 aliphatic rings. The van der Waals surface area contributed by atoms with Crippen LogP contribution in [0.3, 0.4) is 0 Å². The highest BCUT2D eigenvalue weighted by molar-refractivity contribution is 9.10. The molecule has 0 aliphatic carbocycles. The van der Waals surface area contributed by atoms with Crippen LogP contribution < -0.4 is 0 Å². The van der Waals surface area contributed by atoms with Gasteiger partial charge in [-0.1, -0.05) is 34.1 Å². The first-order valence-corrected chi connectivity index (χ1v) is 7.69. The smallest absolute Gasteiger partial charge is 0.0804 e. The number of hydrogen-bond acceptors (Lipinski definition) is 2. The number of ether oxygens (including phenoxy) is 2. The van der Waals surface area contributed by atoms with Crippen molar-refractivity contribution in [2.45, 2.75) is 6.04 Å². The van der Waals surface area contributed by atoms with Crippen LogP contribution in [0.5, 0.6) is 0 Å². The average Bonchev–Trinajstić information content (AvgIpc) is 2.91. The van der Waals surface area contributed by atoms with Crippen molar-refractivity contribution in [3.63, 3.8) is 0 Å². The Hall–Kier alpha value is -1.36. The lowest BCUT2D eigenvalue weighted by molar-refractivity contribution is 0.0650. The van der Waals surface area contributed by atoms with E-state index in [9.17, 15) is 0 Å². The van der Waals surface area contributed by atoms with Gasteiger partial charge in [0.25, 0.3) is 0 Å². The van der Waals surface area contributed by atoms with Crippen molar-refractivity contribution in [3.05, 3.63) is 60.2 Å². The second kappa shape index (κ2) is 8.17. The third-order valence-electron chi connectivity index (χ3n) is 3.20. The fraction of sp³-hybridized carbons (Fsp3) is 0.294. The number of benzene rings is 1. The normalized spacial score (nSPS) is 11.1. The van der Waals surface area contributed by atoms with Crippen molar-refractivity contribution < 1.29 is 9.47 Å². The van der Waals surface area contributed by atoms with Crippen LogP contribution in [0.1, 0.15) is 6.04 Å². The van der Waals surface area contributed by atoms with Crippen molar-refractivity contribution in [2.24, 2.45) is 0 Å². The molecule has 1 aromatic heterocycles. The highest BCUT2D eigenvalue weighted by Crippen LogP contribution is 2.27. The molecule has 2 rings (SSSR count). The van der Waals surface area contributed by atoms with Gasteiger partial charge in [-0.2, -0.15) is 0 Å². The van der Waals surface area contributed by atoms with Gasteiger partial charge in [-0.25, -0.2) is 0 Å². The molecule has 4 heteroatoms. The molecule has 0 saturated heterocycles. The summed E-state index contributed by atoms with van der Waals surface area (Å²) in [5.41, 5.74) is 1.17. The number of rotatable bonds is 9. The van der Waals surface area contributed by atoms with Crippen LogP contribution in [0.2, 0.25) is 0 Å². The van der Waals surface area contributed by atoms with Gasteiger partial charge in [0.1, 0.15) is 0 Å². The van der Waals surface area contributed by atoms with Crippen LogP contribution in [0, 0.1) is 0 Å². The van der Waals surface area contributed by atoms with Crippen molar-refractivity contribution in [3.8, 4) is 0 Å². The van der Waals surface area contributed by atoms with Crippen LogP contribution in [0.25, 0.3) is 10.9 Å². The highest BCUT2D eigenvalue weighted by Gasteiger charge is 2.14. The molecule has 0 atom stereocenters. The lowest BCUT2D eigenvalue weighted by Gasteiger charge is -2.20. The number of hydrogen-bond donors (Lipinski definition) is 0. The first-order valence-electron chi connectivity index (χ1n) is 6.90. The molecule has 0 unspecified atom stereocenters. The summed E-state index contributed by atoms with van der Waals surface area (Å²) in [6.07, 6.45) is 5.59. The van der Waals surface area contributed by atoms with Gasteiger partial charge in [-0.15, -0.1) is 13.2 Å². The first-order chi connectivity index (χ1) is 10.3. The molecule has 0 aliphatic heterocycles. The predicted octanol–water partition coefficient (Wildman–Crippen LogP) is 4.35. The third-order valence-corrected chi connectivity index (χ3v) is 3.89. The number of halogens is 1. The quantitative estimate of drug-likeness (QED) is 0.496. The van der Waals surface area contributed by atoms with Crippen LogP contribution in [0.4, 0.5) is 0 Å². The highest BCUT2D eigenvalue weighted by atomic mass is 79.9.